The van der Waals surface area contributed by atoms with Gasteiger partial charge in [-0.05, 0) is 24.5 Å². The maximum absolute atomic E-state index is 14.1. The topological polar surface area (TPSA) is 70.5 Å². The SMILES string of the molecule is O=C(CCc1cccnc1)C1CC(c2c(F)c(F)cc(F)c2F)CN1C(=O)O. The molecule has 3 rings (SSSR count). The number of carbonyl (C=O) groups is 2. The van der Waals surface area contributed by atoms with E-state index in [0.717, 1.165) is 10.5 Å². The van der Waals surface area contributed by atoms with Crippen LogP contribution in [0.4, 0.5) is 22.4 Å². The molecular formula is C19H16F4N2O3. The minimum atomic E-state index is -1.57. The Morgan fingerprint density at radius 3 is 2.43 bits per heavy atom. The van der Waals surface area contributed by atoms with Gasteiger partial charge in [0.2, 0.25) is 0 Å². The van der Waals surface area contributed by atoms with Crippen LogP contribution in [0.3, 0.4) is 0 Å². The predicted octanol–water partition coefficient (Wildman–Crippen LogP) is 3.68. The summed E-state index contributed by atoms with van der Waals surface area (Å²) in [6, 6.07) is 2.39. The van der Waals surface area contributed by atoms with Crippen LogP contribution in [0.15, 0.2) is 30.6 Å². The molecule has 9 heteroatoms. The lowest BCUT2D eigenvalue weighted by Gasteiger charge is -2.20. The zero-order valence-corrected chi connectivity index (χ0v) is 14.5. The molecule has 1 fully saturated rings. The van der Waals surface area contributed by atoms with Crippen LogP contribution in [0.1, 0.15) is 29.9 Å². The third-order valence-corrected chi connectivity index (χ3v) is 4.86. The van der Waals surface area contributed by atoms with Crippen LogP contribution in [-0.4, -0.2) is 39.5 Å². The molecule has 0 saturated carbocycles. The third-order valence-electron chi connectivity index (χ3n) is 4.86. The number of hydrogen-bond acceptors (Lipinski definition) is 3. The van der Waals surface area contributed by atoms with Crippen molar-refractivity contribution in [1.82, 2.24) is 9.88 Å². The normalized spacial score (nSPS) is 19.1. The molecule has 1 aliphatic heterocycles. The molecule has 1 saturated heterocycles. The monoisotopic (exact) mass is 396 g/mol. The highest BCUT2D eigenvalue weighted by Crippen LogP contribution is 2.37. The maximum Gasteiger partial charge on any atom is 0.407 e. The van der Waals surface area contributed by atoms with E-state index in [9.17, 15) is 32.3 Å². The van der Waals surface area contributed by atoms with Gasteiger partial charge in [0.1, 0.15) is 0 Å². The third kappa shape index (κ3) is 3.83. The van der Waals surface area contributed by atoms with Gasteiger partial charge in [-0.3, -0.25) is 14.7 Å². The molecule has 5 nitrogen and oxygen atoms in total. The van der Waals surface area contributed by atoms with Crippen molar-refractivity contribution in [2.24, 2.45) is 0 Å². The van der Waals surface area contributed by atoms with Crippen molar-refractivity contribution >= 4 is 11.9 Å². The van der Waals surface area contributed by atoms with Gasteiger partial charge < -0.3 is 5.11 Å². The van der Waals surface area contributed by atoms with Crippen LogP contribution in [0, 0.1) is 23.3 Å². The van der Waals surface area contributed by atoms with Crippen LogP contribution in [-0.2, 0) is 11.2 Å². The molecule has 1 aromatic heterocycles. The van der Waals surface area contributed by atoms with Gasteiger partial charge in [0.05, 0.1) is 6.04 Å². The summed E-state index contributed by atoms with van der Waals surface area (Å²) >= 11 is 0. The summed E-state index contributed by atoms with van der Waals surface area (Å²) in [5.41, 5.74) is -0.0946. The number of halogens is 4. The Hall–Kier alpha value is -2.97. The molecule has 0 radical (unpaired) electrons. The Kier molecular flexibility index (Phi) is 5.62. The number of ketones is 1. The summed E-state index contributed by atoms with van der Waals surface area (Å²) in [5, 5.41) is 9.36. The highest BCUT2D eigenvalue weighted by Gasteiger charge is 2.42. The summed E-state index contributed by atoms with van der Waals surface area (Å²) in [6.07, 6.45) is 1.75. The van der Waals surface area contributed by atoms with E-state index in [1.54, 1.807) is 24.5 Å². The number of aromatic nitrogens is 1. The fraction of sp³-hybridized carbons (Fsp3) is 0.316. The minimum Gasteiger partial charge on any atom is -0.465 e. The Morgan fingerprint density at radius 1 is 1.18 bits per heavy atom. The van der Waals surface area contributed by atoms with E-state index >= 15 is 0 Å². The molecule has 1 amide bonds. The molecule has 0 aliphatic carbocycles. The number of hydrogen-bond donors (Lipinski definition) is 1. The molecule has 1 aromatic carbocycles. The lowest BCUT2D eigenvalue weighted by Crippen LogP contribution is -2.39. The molecule has 2 unspecified atom stereocenters. The van der Waals surface area contributed by atoms with E-state index in [1.165, 1.54) is 0 Å². The summed E-state index contributed by atoms with van der Waals surface area (Å²) in [7, 11) is 0. The van der Waals surface area contributed by atoms with Crippen molar-refractivity contribution in [3.63, 3.8) is 0 Å². The zero-order valence-electron chi connectivity index (χ0n) is 14.5. The number of likely N-dealkylation sites (tertiary alicyclic amines) is 1. The lowest BCUT2D eigenvalue weighted by atomic mass is 9.92. The van der Waals surface area contributed by atoms with E-state index in [4.69, 9.17) is 0 Å². The highest BCUT2D eigenvalue weighted by atomic mass is 19.2. The average Bonchev–Trinajstić information content (AvgIpc) is 3.11. The number of rotatable bonds is 5. The Bertz CT molecular complexity index is 882. The number of aryl methyl sites for hydroxylation is 1. The van der Waals surface area contributed by atoms with Crippen molar-refractivity contribution in [3.8, 4) is 0 Å². The van der Waals surface area contributed by atoms with Gasteiger partial charge in [-0.25, -0.2) is 22.4 Å². The quantitative estimate of drug-likeness (QED) is 0.618. The summed E-state index contributed by atoms with van der Waals surface area (Å²) in [5.74, 6) is -7.89. The van der Waals surface area contributed by atoms with Gasteiger partial charge >= 0.3 is 6.09 Å². The molecular weight excluding hydrogens is 380 g/mol. The fourth-order valence-corrected chi connectivity index (χ4v) is 3.49. The van der Waals surface area contributed by atoms with Crippen molar-refractivity contribution in [2.45, 2.75) is 31.2 Å². The van der Waals surface area contributed by atoms with E-state index in [-0.39, 0.29) is 18.9 Å². The lowest BCUT2D eigenvalue weighted by molar-refractivity contribution is -0.122. The van der Waals surface area contributed by atoms with Crippen LogP contribution in [0.5, 0.6) is 0 Å². The van der Waals surface area contributed by atoms with E-state index in [0.29, 0.717) is 6.42 Å². The van der Waals surface area contributed by atoms with E-state index in [1.807, 2.05) is 0 Å². The number of benzene rings is 1. The first-order valence-electron chi connectivity index (χ1n) is 8.53. The van der Waals surface area contributed by atoms with Crippen molar-refractivity contribution < 1.29 is 32.3 Å². The number of nitrogens with zero attached hydrogens (tertiary/aromatic N) is 2. The molecule has 2 aromatic rings. The van der Waals surface area contributed by atoms with Crippen LogP contribution >= 0.6 is 0 Å². The molecule has 2 heterocycles. The highest BCUT2D eigenvalue weighted by molar-refractivity contribution is 5.88. The van der Waals surface area contributed by atoms with Gasteiger partial charge in [-0.1, -0.05) is 6.07 Å². The molecule has 1 aliphatic rings. The second-order valence-electron chi connectivity index (χ2n) is 6.59. The van der Waals surface area contributed by atoms with Gasteiger partial charge in [-0.15, -0.1) is 0 Å². The van der Waals surface area contributed by atoms with Crippen LogP contribution < -0.4 is 0 Å². The maximum atomic E-state index is 14.1. The van der Waals surface area contributed by atoms with E-state index in [2.05, 4.69) is 4.98 Å². The Labute approximate surface area is 157 Å². The number of carbonyl (C=O) groups excluding carboxylic acids is 1. The molecule has 28 heavy (non-hydrogen) atoms. The smallest absolute Gasteiger partial charge is 0.407 e. The predicted molar refractivity (Wildman–Crippen MR) is 89.7 cm³/mol. The Morgan fingerprint density at radius 2 is 1.86 bits per heavy atom. The first kappa shape index (κ1) is 19.8. The Balaban J connectivity index is 1.82. The summed E-state index contributed by atoms with van der Waals surface area (Å²) in [6.45, 7) is -0.435. The number of carboxylic acid groups (broad SMARTS) is 1. The van der Waals surface area contributed by atoms with Crippen molar-refractivity contribution in [3.05, 3.63) is 65.0 Å². The number of pyridine rings is 1. The van der Waals surface area contributed by atoms with Crippen LogP contribution in [0.2, 0.25) is 0 Å². The first-order valence-corrected chi connectivity index (χ1v) is 8.53. The van der Waals surface area contributed by atoms with Crippen molar-refractivity contribution in [1.29, 1.82) is 0 Å². The van der Waals surface area contributed by atoms with Gasteiger partial charge in [-0.2, -0.15) is 0 Å². The van der Waals surface area contributed by atoms with Gasteiger partial charge in [0.25, 0.3) is 0 Å². The van der Waals surface area contributed by atoms with Crippen LogP contribution in [0.25, 0.3) is 0 Å². The fourth-order valence-electron chi connectivity index (χ4n) is 3.49. The first-order chi connectivity index (χ1) is 13.3. The molecule has 1 N–H and O–H groups in total. The summed E-state index contributed by atoms with van der Waals surface area (Å²) < 4.78 is 55.2. The second-order valence-corrected chi connectivity index (χ2v) is 6.59. The summed E-state index contributed by atoms with van der Waals surface area (Å²) in [4.78, 5) is 28.7. The standard InChI is InChI=1S/C19H16F4N2O3/c20-12-7-13(21)18(23)16(17(12)22)11-6-14(25(9-11)19(27)28)15(26)4-3-10-2-1-5-24-8-10/h1-2,5,7-8,11,14H,3-4,6,9H2,(H,27,28). The molecule has 0 spiro atoms. The number of Topliss-reactive ketones (excluding diaryl/α,β-unsaturated/α-hetero) is 1. The number of amides is 1. The van der Waals surface area contributed by atoms with E-state index < -0.39 is 59.2 Å². The van der Waals surface area contributed by atoms with Gasteiger partial charge in [0.15, 0.2) is 29.1 Å². The average molecular weight is 396 g/mol. The van der Waals surface area contributed by atoms with Gasteiger partial charge in [0, 0.05) is 42.9 Å². The second kappa shape index (κ2) is 7.95. The molecule has 0 bridgehead atoms. The minimum absolute atomic E-state index is 0.00463. The molecule has 148 valence electrons. The molecule has 2 atom stereocenters. The van der Waals surface area contributed by atoms with Crippen molar-refractivity contribution in [2.75, 3.05) is 6.54 Å². The zero-order chi connectivity index (χ0) is 20.4. The largest absolute Gasteiger partial charge is 0.465 e.